The van der Waals surface area contributed by atoms with Crippen LogP contribution in [0.1, 0.15) is 27.8 Å². The largest absolute Gasteiger partial charge is 0.494 e. The molecule has 0 unspecified atom stereocenters. The molecule has 0 saturated carbocycles. The zero-order valence-corrected chi connectivity index (χ0v) is 20.4. The fraction of sp³-hybridized carbons (Fsp3) is 0.111. The lowest BCUT2D eigenvalue weighted by Crippen LogP contribution is -2.07. The Balaban J connectivity index is 1.63. The first-order chi connectivity index (χ1) is 16.7. The van der Waals surface area contributed by atoms with Crippen molar-refractivity contribution in [2.24, 2.45) is 0 Å². The molecule has 1 aliphatic carbocycles. The Morgan fingerprint density at radius 3 is 1.97 bits per heavy atom. The van der Waals surface area contributed by atoms with Gasteiger partial charge in [0.25, 0.3) is 0 Å². The van der Waals surface area contributed by atoms with E-state index in [1.165, 1.54) is 10.6 Å². The van der Waals surface area contributed by atoms with E-state index in [-0.39, 0.29) is 18.3 Å². The summed E-state index contributed by atoms with van der Waals surface area (Å²) in [6, 6.07) is 16.1. The van der Waals surface area contributed by atoms with E-state index in [1.807, 2.05) is 18.2 Å². The lowest BCUT2D eigenvalue weighted by molar-refractivity contribution is 0.374. The Morgan fingerprint density at radius 1 is 0.714 bits per heavy atom. The topological polar surface area (TPSA) is 45.4 Å². The molecule has 5 rings (SSSR count). The number of nitrogens with zero attached hydrogens (tertiary/aromatic N) is 1. The first-order valence-electron chi connectivity index (χ1n) is 10.7. The average molecular weight is 533 g/mol. The number of rotatable bonds is 4. The summed E-state index contributed by atoms with van der Waals surface area (Å²) < 4.78 is 28.4. The number of aromatic nitrogens is 1. The number of aromatic hydroxyl groups is 2. The van der Waals surface area contributed by atoms with Crippen LogP contribution in [0.2, 0.25) is 15.1 Å². The van der Waals surface area contributed by atoms with Crippen molar-refractivity contribution in [3.05, 3.63) is 115 Å². The standard InChI is InChI=1S/C27H18Cl3F2NO2/c28-16-4-2-15(3-5-16)19-11-21-22(12-20(19)18-7-6-17(29)10-23(18)30)27(35)33(26(21)34)13-14-1-8-24(31)25(32)9-14/h1-10,34-35H,11-13H2. The Hall–Kier alpha value is -2.99. The average Bonchev–Trinajstić information content (AvgIpc) is 3.05. The summed E-state index contributed by atoms with van der Waals surface area (Å²) in [7, 11) is 0. The summed E-state index contributed by atoms with van der Waals surface area (Å²) in [5, 5.41) is 23.7. The molecular weight excluding hydrogens is 515 g/mol. The summed E-state index contributed by atoms with van der Waals surface area (Å²) in [5.41, 5.74) is 4.95. The first-order valence-corrected chi connectivity index (χ1v) is 11.9. The smallest absolute Gasteiger partial charge is 0.198 e. The van der Waals surface area contributed by atoms with Gasteiger partial charge in [-0.25, -0.2) is 8.78 Å². The Labute approximate surface area is 215 Å². The third-order valence-corrected chi connectivity index (χ3v) is 7.06. The summed E-state index contributed by atoms with van der Waals surface area (Å²) >= 11 is 18.8. The van der Waals surface area contributed by atoms with Crippen molar-refractivity contribution in [2.75, 3.05) is 0 Å². The molecule has 0 spiro atoms. The maximum absolute atomic E-state index is 13.7. The van der Waals surface area contributed by atoms with Crippen molar-refractivity contribution < 1.29 is 19.0 Å². The van der Waals surface area contributed by atoms with Crippen molar-refractivity contribution in [2.45, 2.75) is 19.4 Å². The minimum atomic E-state index is -0.996. The lowest BCUT2D eigenvalue weighted by atomic mass is 9.81. The zero-order valence-electron chi connectivity index (χ0n) is 18.1. The molecule has 1 aromatic heterocycles. The van der Waals surface area contributed by atoms with Crippen LogP contribution in [0.4, 0.5) is 8.78 Å². The summed E-state index contributed by atoms with van der Waals surface area (Å²) in [5.74, 6) is -2.23. The van der Waals surface area contributed by atoms with Gasteiger partial charge in [0, 0.05) is 39.0 Å². The van der Waals surface area contributed by atoms with Gasteiger partial charge in [-0.1, -0.05) is 59.1 Å². The van der Waals surface area contributed by atoms with Crippen molar-refractivity contribution in [1.82, 2.24) is 4.57 Å². The molecule has 3 aromatic carbocycles. The van der Waals surface area contributed by atoms with E-state index in [0.29, 0.717) is 44.6 Å². The minimum absolute atomic E-state index is 0.0326. The molecular formula is C27H18Cl3F2NO2. The Kier molecular flexibility index (Phi) is 6.26. The van der Waals surface area contributed by atoms with Gasteiger partial charge in [-0.05, 0) is 64.2 Å². The molecule has 0 saturated heterocycles. The predicted molar refractivity (Wildman–Crippen MR) is 135 cm³/mol. The highest BCUT2D eigenvalue weighted by molar-refractivity contribution is 6.36. The molecule has 1 aliphatic rings. The maximum atomic E-state index is 13.7. The molecule has 178 valence electrons. The molecule has 0 fully saturated rings. The van der Waals surface area contributed by atoms with Crippen LogP contribution >= 0.6 is 34.8 Å². The third kappa shape index (κ3) is 4.40. The predicted octanol–water partition coefficient (Wildman–Crippen LogP) is 7.90. The second-order valence-corrected chi connectivity index (χ2v) is 9.66. The molecule has 0 amide bonds. The van der Waals surface area contributed by atoms with Crippen LogP contribution in [0.25, 0.3) is 11.1 Å². The number of fused-ring (bicyclic) bond motifs is 1. The fourth-order valence-electron chi connectivity index (χ4n) is 4.52. The molecule has 0 atom stereocenters. The van der Waals surface area contributed by atoms with Crippen molar-refractivity contribution in [1.29, 1.82) is 0 Å². The van der Waals surface area contributed by atoms with Crippen LogP contribution in [0.15, 0.2) is 60.7 Å². The summed E-state index contributed by atoms with van der Waals surface area (Å²) in [4.78, 5) is 0. The molecule has 4 aromatic rings. The third-order valence-electron chi connectivity index (χ3n) is 6.26. The molecule has 0 radical (unpaired) electrons. The summed E-state index contributed by atoms with van der Waals surface area (Å²) in [6.07, 6.45) is 0.605. The van der Waals surface area contributed by atoms with Crippen LogP contribution in [-0.2, 0) is 19.4 Å². The number of allylic oxidation sites excluding steroid dienone is 2. The quantitative estimate of drug-likeness (QED) is 0.281. The number of benzene rings is 3. The van der Waals surface area contributed by atoms with Gasteiger partial charge >= 0.3 is 0 Å². The van der Waals surface area contributed by atoms with E-state index in [0.717, 1.165) is 34.4 Å². The van der Waals surface area contributed by atoms with Gasteiger partial charge in [0.15, 0.2) is 23.4 Å². The van der Waals surface area contributed by atoms with E-state index < -0.39 is 11.6 Å². The van der Waals surface area contributed by atoms with Crippen molar-refractivity contribution >= 4 is 45.9 Å². The van der Waals surface area contributed by atoms with Gasteiger partial charge in [0.05, 0.1) is 6.54 Å². The van der Waals surface area contributed by atoms with Crippen LogP contribution in [-0.4, -0.2) is 14.8 Å². The SMILES string of the molecule is Oc1c2c(c(O)n1Cc1ccc(F)c(F)c1)CC(c1ccc(Cl)cc1Cl)=C(c1ccc(Cl)cc1)C2. The van der Waals surface area contributed by atoms with Gasteiger partial charge in [0.1, 0.15) is 0 Å². The van der Waals surface area contributed by atoms with E-state index >= 15 is 0 Å². The lowest BCUT2D eigenvalue weighted by Gasteiger charge is -2.23. The number of hydrogen-bond acceptors (Lipinski definition) is 2. The highest BCUT2D eigenvalue weighted by atomic mass is 35.5. The van der Waals surface area contributed by atoms with Crippen molar-refractivity contribution in [3.8, 4) is 11.8 Å². The van der Waals surface area contributed by atoms with E-state index in [1.54, 1.807) is 24.3 Å². The molecule has 2 N–H and O–H groups in total. The Bertz CT molecular complexity index is 1490. The second-order valence-electron chi connectivity index (χ2n) is 8.38. The second kappa shape index (κ2) is 9.23. The number of hydrogen-bond donors (Lipinski definition) is 2. The Morgan fingerprint density at radius 2 is 1.34 bits per heavy atom. The van der Waals surface area contributed by atoms with E-state index in [9.17, 15) is 19.0 Å². The van der Waals surface area contributed by atoms with Gasteiger partial charge in [-0.3, -0.25) is 4.57 Å². The van der Waals surface area contributed by atoms with Gasteiger partial charge in [-0.2, -0.15) is 0 Å². The monoisotopic (exact) mass is 531 g/mol. The van der Waals surface area contributed by atoms with E-state index in [4.69, 9.17) is 34.8 Å². The van der Waals surface area contributed by atoms with Gasteiger partial charge in [-0.15, -0.1) is 0 Å². The normalized spacial score (nSPS) is 13.3. The molecule has 1 heterocycles. The van der Waals surface area contributed by atoms with Crippen LogP contribution in [0.5, 0.6) is 11.8 Å². The molecule has 0 bridgehead atoms. The summed E-state index contributed by atoms with van der Waals surface area (Å²) in [6.45, 7) is -0.0326. The highest BCUT2D eigenvalue weighted by Gasteiger charge is 2.30. The molecule has 35 heavy (non-hydrogen) atoms. The van der Waals surface area contributed by atoms with Crippen molar-refractivity contribution in [3.63, 3.8) is 0 Å². The fourth-order valence-corrected chi connectivity index (χ4v) is 5.17. The first kappa shape index (κ1) is 23.7. The highest BCUT2D eigenvalue weighted by Crippen LogP contribution is 2.47. The van der Waals surface area contributed by atoms with Gasteiger partial charge in [0.2, 0.25) is 0 Å². The molecule has 8 heteroatoms. The number of halogens is 5. The maximum Gasteiger partial charge on any atom is 0.198 e. The van der Waals surface area contributed by atoms with Crippen LogP contribution in [0.3, 0.4) is 0 Å². The molecule has 0 aliphatic heterocycles. The minimum Gasteiger partial charge on any atom is -0.494 e. The van der Waals surface area contributed by atoms with E-state index in [2.05, 4.69) is 0 Å². The van der Waals surface area contributed by atoms with Crippen LogP contribution < -0.4 is 0 Å². The van der Waals surface area contributed by atoms with Crippen LogP contribution in [0, 0.1) is 11.6 Å². The van der Waals surface area contributed by atoms with Gasteiger partial charge < -0.3 is 10.2 Å². The zero-order chi connectivity index (χ0) is 24.9. The molecule has 3 nitrogen and oxygen atoms in total.